The Labute approximate surface area is 224 Å². The van der Waals surface area contributed by atoms with Crippen LogP contribution in [0.3, 0.4) is 0 Å². The zero-order valence-electron chi connectivity index (χ0n) is 20.2. The third kappa shape index (κ3) is 6.18. The first-order valence-corrected chi connectivity index (χ1v) is 12.4. The second-order valence-corrected chi connectivity index (χ2v) is 9.72. The molecule has 0 radical (unpaired) electrons. The smallest absolute Gasteiger partial charge is 0.262 e. The number of hydrazone groups is 1. The highest BCUT2D eigenvalue weighted by Crippen LogP contribution is 2.23. The predicted molar refractivity (Wildman–Crippen MR) is 146 cm³/mol. The summed E-state index contributed by atoms with van der Waals surface area (Å²) in [4.78, 5) is 25.6. The Hall–Kier alpha value is -3.68. The van der Waals surface area contributed by atoms with Crippen LogP contribution in [0, 0.1) is 11.7 Å². The summed E-state index contributed by atoms with van der Waals surface area (Å²) in [7, 11) is 0. The molecular formula is C28H25Cl2FN4O2. The van der Waals surface area contributed by atoms with Gasteiger partial charge < -0.3 is 9.88 Å². The Bertz CT molecular complexity index is 1480. The van der Waals surface area contributed by atoms with Crippen molar-refractivity contribution < 1.29 is 14.0 Å². The molecule has 190 valence electrons. The lowest BCUT2D eigenvalue weighted by atomic mass is 10.0. The SMILES string of the molecule is CC(C)C(NC(=O)c1ccc(Cl)cc1Cl)C(=O)N/N=C\c1cn(Cc2ccccc2F)c2ccccc12. The standard InChI is InChI=1S/C28H25Cl2FN4O2/c1-17(2)26(33-27(36)22-12-11-20(29)13-23(22)30)28(37)34-32-14-19-16-35(25-10-6-4-8-21(19)25)15-18-7-3-5-9-24(18)31/h3-14,16-17,26H,15H2,1-2H3,(H,33,36)(H,34,37)/b32-14-. The molecule has 6 nitrogen and oxygen atoms in total. The summed E-state index contributed by atoms with van der Waals surface area (Å²) in [6, 6.07) is 18.0. The number of hydrogen-bond acceptors (Lipinski definition) is 3. The van der Waals surface area contributed by atoms with Crippen LogP contribution in [-0.4, -0.2) is 28.6 Å². The van der Waals surface area contributed by atoms with Gasteiger partial charge in [0.2, 0.25) is 0 Å². The number of nitrogens with one attached hydrogen (secondary N) is 2. The van der Waals surface area contributed by atoms with Gasteiger partial charge in [-0.3, -0.25) is 9.59 Å². The number of carbonyl (C=O) groups is 2. The van der Waals surface area contributed by atoms with Gasteiger partial charge in [0.1, 0.15) is 11.9 Å². The molecule has 1 unspecified atom stereocenters. The van der Waals surface area contributed by atoms with Crippen molar-refractivity contribution in [2.24, 2.45) is 11.0 Å². The minimum Gasteiger partial charge on any atom is -0.342 e. The number of nitrogens with zero attached hydrogens (tertiary/aromatic N) is 2. The highest BCUT2D eigenvalue weighted by atomic mass is 35.5. The van der Waals surface area contributed by atoms with E-state index in [2.05, 4.69) is 15.8 Å². The number of aromatic nitrogens is 1. The summed E-state index contributed by atoms with van der Waals surface area (Å²) in [5.41, 5.74) is 4.97. The summed E-state index contributed by atoms with van der Waals surface area (Å²) >= 11 is 12.0. The van der Waals surface area contributed by atoms with Crippen LogP contribution in [0.15, 0.2) is 78.0 Å². The van der Waals surface area contributed by atoms with Gasteiger partial charge in [-0.1, -0.05) is 73.4 Å². The third-order valence-electron chi connectivity index (χ3n) is 5.91. The third-order valence-corrected chi connectivity index (χ3v) is 6.46. The van der Waals surface area contributed by atoms with E-state index in [0.717, 1.165) is 16.5 Å². The largest absolute Gasteiger partial charge is 0.342 e. The van der Waals surface area contributed by atoms with Crippen molar-refractivity contribution in [3.63, 3.8) is 0 Å². The van der Waals surface area contributed by atoms with E-state index < -0.39 is 17.9 Å². The number of benzene rings is 3. The van der Waals surface area contributed by atoms with Gasteiger partial charge in [0.15, 0.2) is 0 Å². The molecule has 9 heteroatoms. The van der Waals surface area contributed by atoms with E-state index in [4.69, 9.17) is 23.2 Å². The lowest BCUT2D eigenvalue weighted by molar-refractivity contribution is -0.123. The van der Waals surface area contributed by atoms with E-state index in [0.29, 0.717) is 17.1 Å². The Balaban J connectivity index is 1.50. The van der Waals surface area contributed by atoms with Gasteiger partial charge in [-0.2, -0.15) is 5.10 Å². The average Bonchev–Trinajstić information content (AvgIpc) is 3.21. The Morgan fingerprint density at radius 2 is 1.78 bits per heavy atom. The molecule has 0 aliphatic rings. The van der Waals surface area contributed by atoms with Gasteiger partial charge in [0.25, 0.3) is 11.8 Å². The molecule has 0 aliphatic heterocycles. The van der Waals surface area contributed by atoms with Gasteiger partial charge in [0.05, 0.1) is 23.3 Å². The van der Waals surface area contributed by atoms with Crippen molar-refractivity contribution in [1.82, 2.24) is 15.3 Å². The molecule has 1 aromatic heterocycles. The monoisotopic (exact) mass is 538 g/mol. The van der Waals surface area contributed by atoms with Crippen LogP contribution in [-0.2, 0) is 11.3 Å². The summed E-state index contributed by atoms with van der Waals surface area (Å²) < 4.78 is 16.2. The number of amides is 2. The zero-order valence-corrected chi connectivity index (χ0v) is 21.7. The fraction of sp³-hybridized carbons (Fsp3) is 0.179. The Morgan fingerprint density at radius 1 is 1.05 bits per heavy atom. The Kier molecular flexibility index (Phi) is 8.26. The number of fused-ring (bicyclic) bond motifs is 1. The molecule has 0 saturated carbocycles. The first-order valence-electron chi connectivity index (χ1n) is 11.6. The van der Waals surface area contributed by atoms with Crippen molar-refractivity contribution >= 4 is 52.1 Å². The van der Waals surface area contributed by atoms with E-state index in [1.165, 1.54) is 24.4 Å². The molecule has 4 rings (SSSR count). The number of para-hydroxylation sites is 1. The fourth-order valence-corrected chi connectivity index (χ4v) is 4.48. The van der Waals surface area contributed by atoms with Gasteiger partial charge in [-0.05, 0) is 36.2 Å². The number of halogens is 3. The molecule has 1 heterocycles. The van der Waals surface area contributed by atoms with Gasteiger partial charge >= 0.3 is 0 Å². The minimum absolute atomic E-state index is 0.192. The first-order chi connectivity index (χ1) is 17.7. The maximum absolute atomic E-state index is 14.2. The van der Waals surface area contributed by atoms with Gasteiger partial charge in [0, 0.05) is 33.2 Å². The second-order valence-electron chi connectivity index (χ2n) is 8.87. The average molecular weight is 539 g/mol. The van der Waals surface area contributed by atoms with Crippen LogP contribution in [0.2, 0.25) is 10.0 Å². The quantitative estimate of drug-likeness (QED) is 0.212. The summed E-state index contributed by atoms with van der Waals surface area (Å²) in [5, 5.41) is 8.36. The van der Waals surface area contributed by atoms with Crippen LogP contribution in [0.4, 0.5) is 4.39 Å². The van der Waals surface area contributed by atoms with Crippen LogP contribution in [0.5, 0.6) is 0 Å². The summed E-state index contributed by atoms with van der Waals surface area (Å²) in [5.74, 6) is -1.45. The topological polar surface area (TPSA) is 75.5 Å². The molecule has 37 heavy (non-hydrogen) atoms. The van der Waals surface area contributed by atoms with Crippen LogP contribution >= 0.6 is 23.2 Å². The van der Waals surface area contributed by atoms with E-state index >= 15 is 0 Å². The van der Waals surface area contributed by atoms with Crippen LogP contribution in [0.1, 0.15) is 35.3 Å². The summed E-state index contributed by atoms with van der Waals surface area (Å²) in [6.45, 7) is 3.98. The Morgan fingerprint density at radius 3 is 2.51 bits per heavy atom. The number of hydrogen-bond donors (Lipinski definition) is 2. The number of carbonyl (C=O) groups excluding carboxylic acids is 2. The molecule has 0 bridgehead atoms. The molecule has 0 spiro atoms. The fourth-order valence-electron chi connectivity index (χ4n) is 3.98. The highest BCUT2D eigenvalue weighted by Gasteiger charge is 2.25. The maximum atomic E-state index is 14.2. The van der Waals surface area contributed by atoms with E-state index in [1.807, 2.05) is 48.9 Å². The van der Waals surface area contributed by atoms with Gasteiger partial charge in [-0.25, -0.2) is 9.82 Å². The maximum Gasteiger partial charge on any atom is 0.262 e. The van der Waals surface area contributed by atoms with E-state index in [-0.39, 0.29) is 22.3 Å². The highest BCUT2D eigenvalue weighted by molar-refractivity contribution is 6.36. The molecule has 0 fully saturated rings. The molecule has 0 aliphatic carbocycles. The molecule has 1 atom stereocenters. The molecular weight excluding hydrogens is 514 g/mol. The zero-order chi connectivity index (χ0) is 26.5. The first kappa shape index (κ1) is 26.4. The second kappa shape index (κ2) is 11.6. The van der Waals surface area contributed by atoms with Crippen molar-refractivity contribution in [3.05, 3.63) is 105 Å². The summed E-state index contributed by atoms with van der Waals surface area (Å²) in [6.07, 6.45) is 3.39. The minimum atomic E-state index is -0.848. The molecule has 2 N–H and O–H groups in total. The van der Waals surface area contributed by atoms with Crippen molar-refractivity contribution in [3.8, 4) is 0 Å². The van der Waals surface area contributed by atoms with Crippen molar-refractivity contribution in [2.75, 3.05) is 0 Å². The van der Waals surface area contributed by atoms with Crippen LogP contribution in [0.25, 0.3) is 10.9 Å². The number of rotatable bonds is 8. The molecule has 2 amide bonds. The lowest BCUT2D eigenvalue weighted by Crippen LogP contribution is -2.48. The predicted octanol–water partition coefficient (Wildman–Crippen LogP) is 6.04. The molecule has 3 aromatic carbocycles. The van der Waals surface area contributed by atoms with Crippen LogP contribution < -0.4 is 10.7 Å². The molecule has 4 aromatic rings. The normalized spacial score (nSPS) is 12.3. The van der Waals surface area contributed by atoms with Gasteiger partial charge in [-0.15, -0.1) is 0 Å². The van der Waals surface area contributed by atoms with Crippen molar-refractivity contribution in [2.45, 2.75) is 26.4 Å². The molecule has 0 saturated heterocycles. The lowest BCUT2D eigenvalue weighted by Gasteiger charge is -2.20. The van der Waals surface area contributed by atoms with E-state index in [1.54, 1.807) is 24.3 Å². The van der Waals surface area contributed by atoms with Crippen molar-refractivity contribution in [1.29, 1.82) is 0 Å². The van der Waals surface area contributed by atoms with E-state index in [9.17, 15) is 14.0 Å².